The summed E-state index contributed by atoms with van der Waals surface area (Å²) in [6.45, 7) is 6.43. The highest BCUT2D eigenvalue weighted by molar-refractivity contribution is 5.55. The maximum absolute atomic E-state index is 9.62. The number of H-pyrrole nitrogens is 1. The van der Waals surface area contributed by atoms with Crippen LogP contribution in [-0.2, 0) is 6.42 Å². The van der Waals surface area contributed by atoms with Gasteiger partial charge in [0.15, 0.2) is 0 Å². The number of ether oxygens (including phenoxy) is 1. The van der Waals surface area contributed by atoms with Crippen LogP contribution in [0.1, 0.15) is 61.4 Å². The molecule has 1 aliphatic rings. The molecule has 0 aliphatic carbocycles. The second-order valence-electron chi connectivity index (χ2n) is 6.42. The zero-order chi connectivity index (χ0) is 17.3. The minimum absolute atomic E-state index is 0.137. The molecule has 0 bridgehead atoms. The number of nitriles is 1. The number of hydrogen-bond donors (Lipinski definition) is 2. The average Bonchev–Trinajstić information content (AvgIpc) is 2.96. The van der Waals surface area contributed by atoms with Crippen LogP contribution in [0.3, 0.4) is 0 Å². The first-order chi connectivity index (χ1) is 11.6. The molecule has 0 fully saturated rings. The Morgan fingerprint density at radius 1 is 1.33 bits per heavy atom. The highest BCUT2D eigenvalue weighted by Crippen LogP contribution is 2.43. The Morgan fingerprint density at radius 3 is 2.62 bits per heavy atom. The Hall–Kier alpha value is -2.74. The lowest BCUT2D eigenvalue weighted by Crippen LogP contribution is -2.21. The molecule has 1 atom stereocenters. The summed E-state index contributed by atoms with van der Waals surface area (Å²) in [6, 6.07) is 10.6. The summed E-state index contributed by atoms with van der Waals surface area (Å²) in [5.74, 6) is 0.843. The van der Waals surface area contributed by atoms with Gasteiger partial charge in [-0.2, -0.15) is 5.26 Å². The van der Waals surface area contributed by atoms with Crippen molar-refractivity contribution < 1.29 is 4.74 Å². The van der Waals surface area contributed by atoms with Crippen molar-refractivity contribution in [2.24, 2.45) is 5.73 Å². The number of allylic oxidation sites excluding steroid dienone is 1. The topological polar surface area (TPSA) is 87.7 Å². The van der Waals surface area contributed by atoms with Crippen LogP contribution in [0.2, 0.25) is 0 Å². The third-order valence-electron chi connectivity index (χ3n) is 4.45. The van der Waals surface area contributed by atoms with Crippen molar-refractivity contribution in [2.75, 3.05) is 0 Å². The zero-order valence-corrected chi connectivity index (χ0v) is 14.3. The van der Waals surface area contributed by atoms with Crippen LogP contribution in [-0.4, -0.2) is 10.2 Å². The van der Waals surface area contributed by atoms with Crippen molar-refractivity contribution in [3.05, 3.63) is 58.1 Å². The van der Waals surface area contributed by atoms with Gasteiger partial charge in [-0.3, -0.25) is 5.10 Å². The molecule has 3 N–H and O–H groups in total. The second-order valence-corrected chi connectivity index (χ2v) is 6.42. The van der Waals surface area contributed by atoms with E-state index in [1.54, 1.807) is 0 Å². The van der Waals surface area contributed by atoms with Crippen molar-refractivity contribution in [1.29, 1.82) is 5.26 Å². The Morgan fingerprint density at radius 2 is 2.04 bits per heavy atom. The number of nitrogens with one attached hydrogen (secondary N) is 1. The van der Waals surface area contributed by atoms with Gasteiger partial charge < -0.3 is 10.5 Å². The molecule has 24 heavy (non-hydrogen) atoms. The smallest absolute Gasteiger partial charge is 0.244 e. The quantitative estimate of drug-likeness (QED) is 0.898. The van der Waals surface area contributed by atoms with E-state index >= 15 is 0 Å². The Kier molecular flexibility index (Phi) is 4.30. The number of nitrogens with two attached hydrogens (primary N) is 1. The molecule has 0 amide bonds. The van der Waals surface area contributed by atoms with Gasteiger partial charge in [-0.1, -0.05) is 51.5 Å². The van der Waals surface area contributed by atoms with E-state index in [1.807, 2.05) is 0 Å². The van der Waals surface area contributed by atoms with Crippen molar-refractivity contribution in [2.45, 2.75) is 45.4 Å². The number of rotatable bonds is 4. The van der Waals surface area contributed by atoms with E-state index in [2.05, 4.69) is 61.3 Å². The Balaban J connectivity index is 2.13. The first-order valence-corrected chi connectivity index (χ1v) is 8.31. The number of aryl methyl sites for hydroxylation is 1. The predicted octanol–water partition coefficient (Wildman–Crippen LogP) is 3.70. The van der Waals surface area contributed by atoms with Gasteiger partial charge >= 0.3 is 0 Å². The fourth-order valence-electron chi connectivity index (χ4n) is 3.16. The van der Waals surface area contributed by atoms with E-state index in [-0.39, 0.29) is 11.8 Å². The largest absolute Gasteiger partial charge is 0.420 e. The van der Waals surface area contributed by atoms with E-state index in [9.17, 15) is 5.26 Å². The Labute approximate surface area is 142 Å². The molecule has 0 saturated heterocycles. The number of aromatic nitrogens is 2. The van der Waals surface area contributed by atoms with Crippen molar-refractivity contribution >= 4 is 0 Å². The number of benzene rings is 1. The maximum atomic E-state index is 9.62. The summed E-state index contributed by atoms with van der Waals surface area (Å²) in [7, 11) is 0. The summed E-state index contributed by atoms with van der Waals surface area (Å²) in [5.41, 5.74) is 10.6. The summed E-state index contributed by atoms with van der Waals surface area (Å²) < 4.78 is 5.57. The van der Waals surface area contributed by atoms with Crippen molar-refractivity contribution in [3.8, 4) is 11.9 Å². The van der Waals surface area contributed by atoms with E-state index in [4.69, 9.17) is 10.5 Å². The molecule has 0 spiro atoms. The van der Waals surface area contributed by atoms with Gasteiger partial charge in [-0.25, -0.2) is 0 Å². The van der Waals surface area contributed by atoms with E-state index in [0.29, 0.717) is 17.4 Å². The molecule has 124 valence electrons. The zero-order valence-electron chi connectivity index (χ0n) is 14.3. The normalized spacial score (nSPS) is 16.7. The third-order valence-corrected chi connectivity index (χ3v) is 4.45. The summed E-state index contributed by atoms with van der Waals surface area (Å²) in [4.78, 5) is 0. The second kappa shape index (κ2) is 6.40. The lowest BCUT2D eigenvalue weighted by molar-refractivity contribution is 0.378. The number of fused-ring (bicyclic) bond motifs is 1. The molecular formula is C19H22N4O. The first kappa shape index (κ1) is 16.1. The van der Waals surface area contributed by atoms with Crippen LogP contribution in [0.15, 0.2) is 35.7 Å². The number of nitrogens with zero attached hydrogens (tertiary/aromatic N) is 2. The molecule has 3 rings (SSSR count). The SMILES string of the molecule is CCCc1[nH]nc2c1[C@H](c1ccc(C(C)C)cc1)C(C#N)=C(N)O2. The van der Waals surface area contributed by atoms with Crippen molar-refractivity contribution in [3.63, 3.8) is 0 Å². The van der Waals surface area contributed by atoms with Gasteiger partial charge in [0.1, 0.15) is 11.6 Å². The van der Waals surface area contributed by atoms with Crippen LogP contribution in [0, 0.1) is 11.3 Å². The van der Waals surface area contributed by atoms with Crippen LogP contribution >= 0.6 is 0 Å². The summed E-state index contributed by atoms with van der Waals surface area (Å²) in [5, 5.41) is 16.9. The molecule has 5 nitrogen and oxygen atoms in total. The van der Waals surface area contributed by atoms with Gasteiger partial charge in [0.2, 0.25) is 11.8 Å². The molecule has 5 heteroatoms. The van der Waals surface area contributed by atoms with Crippen molar-refractivity contribution in [1.82, 2.24) is 10.2 Å². The molecule has 0 saturated carbocycles. The fourth-order valence-corrected chi connectivity index (χ4v) is 3.16. The molecule has 1 aromatic carbocycles. The van der Waals surface area contributed by atoms with Crippen LogP contribution in [0.4, 0.5) is 0 Å². The molecule has 1 aromatic heterocycles. The average molecular weight is 322 g/mol. The van der Waals surface area contributed by atoms with Gasteiger partial charge in [0, 0.05) is 11.3 Å². The molecular weight excluding hydrogens is 300 g/mol. The fraction of sp³-hybridized carbons (Fsp3) is 0.368. The first-order valence-electron chi connectivity index (χ1n) is 8.31. The lowest BCUT2D eigenvalue weighted by atomic mass is 9.83. The predicted molar refractivity (Wildman–Crippen MR) is 92.4 cm³/mol. The maximum Gasteiger partial charge on any atom is 0.244 e. The highest BCUT2D eigenvalue weighted by atomic mass is 16.5. The van der Waals surface area contributed by atoms with Crippen LogP contribution in [0.25, 0.3) is 0 Å². The lowest BCUT2D eigenvalue weighted by Gasteiger charge is -2.24. The van der Waals surface area contributed by atoms with Gasteiger partial charge in [0.25, 0.3) is 0 Å². The molecule has 2 aromatic rings. The number of aromatic amines is 1. The monoisotopic (exact) mass is 322 g/mol. The summed E-state index contributed by atoms with van der Waals surface area (Å²) in [6.07, 6.45) is 1.83. The molecule has 2 heterocycles. The minimum Gasteiger partial charge on any atom is -0.420 e. The highest BCUT2D eigenvalue weighted by Gasteiger charge is 2.34. The molecule has 0 radical (unpaired) electrons. The number of hydrogen-bond acceptors (Lipinski definition) is 4. The van der Waals surface area contributed by atoms with E-state index in [0.717, 1.165) is 29.7 Å². The van der Waals surface area contributed by atoms with Crippen LogP contribution < -0.4 is 10.5 Å². The molecule has 1 aliphatic heterocycles. The van der Waals surface area contributed by atoms with E-state index < -0.39 is 0 Å². The van der Waals surface area contributed by atoms with E-state index in [1.165, 1.54) is 5.56 Å². The van der Waals surface area contributed by atoms with Gasteiger partial charge in [0.05, 0.1) is 5.92 Å². The molecule has 0 unspecified atom stereocenters. The van der Waals surface area contributed by atoms with Gasteiger partial charge in [-0.15, -0.1) is 5.10 Å². The standard InChI is InChI=1S/C19H22N4O/c1-4-5-15-17-16(13-8-6-12(7-9-13)11(2)3)14(10-20)18(21)24-19(17)23-22-15/h6-9,11,16H,4-5,21H2,1-3H3,(H,22,23)/t16-/m1/s1. The Bertz CT molecular complexity index is 809. The minimum atomic E-state index is -0.236. The summed E-state index contributed by atoms with van der Waals surface area (Å²) >= 11 is 0. The van der Waals surface area contributed by atoms with Gasteiger partial charge in [-0.05, 0) is 23.5 Å². The van der Waals surface area contributed by atoms with Crippen LogP contribution in [0.5, 0.6) is 5.88 Å². The third kappa shape index (κ3) is 2.65.